The number of Topliss-reactive ketones (excluding diaryl/α,β-unsaturated/α-hetero) is 1. The van der Waals surface area contributed by atoms with E-state index in [1.54, 1.807) is 12.1 Å². The number of aryl methyl sites for hydroxylation is 1. The largest absolute Gasteiger partial charge is 0.465 e. The number of rotatable bonds is 5. The van der Waals surface area contributed by atoms with Crippen molar-refractivity contribution < 1.29 is 19.1 Å². The van der Waals surface area contributed by atoms with Crippen molar-refractivity contribution in [2.24, 2.45) is 5.92 Å². The summed E-state index contributed by atoms with van der Waals surface area (Å²) in [5.41, 5.74) is 1.63. The summed E-state index contributed by atoms with van der Waals surface area (Å²) in [5, 5.41) is 2.68. The second-order valence-electron chi connectivity index (χ2n) is 5.10. The maximum atomic E-state index is 11.9. The van der Waals surface area contributed by atoms with Crippen molar-refractivity contribution in [3.05, 3.63) is 27.7 Å². The van der Waals surface area contributed by atoms with Gasteiger partial charge in [0.15, 0.2) is 0 Å². The highest BCUT2D eigenvalue weighted by atomic mass is 79.9. The molecule has 1 N–H and O–H groups in total. The Labute approximate surface area is 131 Å². The molecule has 1 aliphatic carbocycles. The van der Waals surface area contributed by atoms with E-state index in [0.717, 1.165) is 18.4 Å². The lowest BCUT2D eigenvalue weighted by Gasteiger charge is -2.11. The van der Waals surface area contributed by atoms with Gasteiger partial charge in [-0.05, 0) is 53.4 Å². The van der Waals surface area contributed by atoms with Gasteiger partial charge in [-0.2, -0.15) is 0 Å². The van der Waals surface area contributed by atoms with Gasteiger partial charge < -0.3 is 10.1 Å². The second-order valence-corrected chi connectivity index (χ2v) is 5.96. The van der Waals surface area contributed by atoms with Crippen molar-refractivity contribution in [3.63, 3.8) is 0 Å². The highest BCUT2D eigenvalue weighted by Crippen LogP contribution is 2.31. The fourth-order valence-corrected chi connectivity index (χ4v) is 2.60. The molecule has 5 nitrogen and oxygen atoms in total. The van der Waals surface area contributed by atoms with Gasteiger partial charge in [0.2, 0.25) is 5.91 Å². The second kappa shape index (κ2) is 6.39. The van der Waals surface area contributed by atoms with E-state index in [0.29, 0.717) is 15.7 Å². The van der Waals surface area contributed by atoms with E-state index in [1.165, 1.54) is 7.11 Å². The molecule has 1 amide bonds. The summed E-state index contributed by atoms with van der Waals surface area (Å²) < 4.78 is 5.28. The Kier molecular flexibility index (Phi) is 4.77. The zero-order valence-electron chi connectivity index (χ0n) is 11.9. The van der Waals surface area contributed by atoms with Crippen LogP contribution in [0.4, 0.5) is 5.69 Å². The maximum Gasteiger partial charge on any atom is 0.339 e. The molecule has 2 rings (SSSR count). The first-order valence-corrected chi connectivity index (χ1v) is 7.42. The van der Waals surface area contributed by atoms with E-state index in [9.17, 15) is 14.4 Å². The van der Waals surface area contributed by atoms with Gasteiger partial charge in [-0.3, -0.25) is 9.59 Å². The molecule has 0 aliphatic heterocycles. The monoisotopic (exact) mass is 353 g/mol. The van der Waals surface area contributed by atoms with Crippen LogP contribution in [-0.4, -0.2) is 24.8 Å². The van der Waals surface area contributed by atoms with Crippen LogP contribution in [0.2, 0.25) is 0 Å². The molecular weight excluding hydrogens is 338 g/mol. The number of nitrogens with one attached hydrogen (secondary N) is 1. The summed E-state index contributed by atoms with van der Waals surface area (Å²) in [7, 11) is 1.29. The van der Waals surface area contributed by atoms with Crippen LogP contribution in [0.1, 0.15) is 35.2 Å². The Bertz CT molecular complexity index is 608. The first-order valence-electron chi connectivity index (χ1n) is 6.63. The molecule has 1 aliphatic rings. The Balaban J connectivity index is 2.13. The van der Waals surface area contributed by atoms with Crippen LogP contribution in [-0.2, 0) is 14.3 Å². The average Bonchev–Trinajstić information content (AvgIpc) is 3.25. The van der Waals surface area contributed by atoms with E-state index < -0.39 is 5.97 Å². The molecule has 1 aromatic carbocycles. The number of halogens is 1. The summed E-state index contributed by atoms with van der Waals surface area (Å²) >= 11 is 3.29. The number of hydrogen-bond donors (Lipinski definition) is 1. The number of methoxy groups -OCH3 is 1. The number of esters is 1. The minimum absolute atomic E-state index is 0.0181. The van der Waals surface area contributed by atoms with Gasteiger partial charge >= 0.3 is 5.97 Å². The lowest BCUT2D eigenvalue weighted by Crippen LogP contribution is -2.18. The van der Waals surface area contributed by atoms with Crippen molar-refractivity contribution in [3.8, 4) is 0 Å². The Hall–Kier alpha value is -1.69. The molecule has 1 aromatic rings. The SMILES string of the molecule is COC(=O)c1cc(NC(=O)CC(=O)C2CC2)c(C)cc1Br. The molecule has 6 heteroatoms. The Morgan fingerprint density at radius 1 is 1.33 bits per heavy atom. The quantitative estimate of drug-likeness (QED) is 0.652. The van der Waals surface area contributed by atoms with Crippen LogP contribution in [0.5, 0.6) is 0 Å². The number of carbonyl (C=O) groups is 3. The van der Waals surface area contributed by atoms with E-state index >= 15 is 0 Å². The molecule has 0 atom stereocenters. The zero-order valence-corrected chi connectivity index (χ0v) is 13.5. The number of benzene rings is 1. The molecule has 0 saturated heterocycles. The van der Waals surface area contributed by atoms with Crippen LogP contribution in [0.15, 0.2) is 16.6 Å². The highest BCUT2D eigenvalue weighted by Gasteiger charge is 2.30. The highest BCUT2D eigenvalue weighted by molar-refractivity contribution is 9.10. The van der Waals surface area contributed by atoms with Gasteiger partial charge in [0, 0.05) is 16.1 Å². The van der Waals surface area contributed by atoms with Crippen molar-refractivity contribution >= 4 is 39.3 Å². The first-order chi connectivity index (χ1) is 9.92. The summed E-state index contributed by atoms with van der Waals surface area (Å²) in [5.74, 6) is -0.803. The molecule has 0 heterocycles. The number of ether oxygens (including phenoxy) is 1. The van der Waals surface area contributed by atoms with E-state index in [2.05, 4.69) is 26.0 Å². The van der Waals surface area contributed by atoms with Gasteiger partial charge in [0.05, 0.1) is 19.1 Å². The first kappa shape index (κ1) is 15.7. The number of anilines is 1. The molecule has 112 valence electrons. The zero-order chi connectivity index (χ0) is 15.6. The molecule has 0 unspecified atom stereocenters. The van der Waals surface area contributed by atoms with Crippen LogP contribution >= 0.6 is 15.9 Å². The normalized spacial score (nSPS) is 13.7. The molecule has 21 heavy (non-hydrogen) atoms. The summed E-state index contributed by atoms with van der Waals surface area (Å²) in [6.07, 6.45) is 1.65. The lowest BCUT2D eigenvalue weighted by atomic mass is 10.1. The minimum atomic E-state index is -0.494. The third-order valence-electron chi connectivity index (χ3n) is 3.36. The van der Waals surface area contributed by atoms with Crippen molar-refractivity contribution in [2.45, 2.75) is 26.2 Å². The van der Waals surface area contributed by atoms with Gasteiger partial charge in [-0.1, -0.05) is 0 Å². The summed E-state index contributed by atoms with van der Waals surface area (Å²) in [6.45, 7) is 1.81. The molecule has 0 spiro atoms. The lowest BCUT2D eigenvalue weighted by molar-refractivity contribution is -0.126. The fraction of sp³-hybridized carbons (Fsp3) is 0.400. The van der Waals surface area contributed by atoms with E-state index in [-0.39, 0.29) is 24.0 Å². The maximum absolute atomic E-state index is 11.9. The molecule has 0 radical (unpaired) electrons. The smallest absolute Gasteiger partial charge is 0.339 e. The van der Waals surface area contributed by atoms with Crippen molar-refractivity contribution in [1.82, 2.24) is 0 Å². The van der Waals surface area contributed by atoms with Gasteiger partial charge in [-0.25, -0.2) is 4.79 Å². The van der Waals surface area contributed by atoms with E-state index in [1.807, 2.05) is 6.92 Å². The Morgan fingerprint density at radius 3 is 2.57 bits per heavy atom. The Morgan fingerprint density at radius 2 is 2.00 bits per heavy atom. The number of ketones is 1. The van der Waals surface area contributed by atoms with Crippen molar-refractivity contribution in [1.29, 1.82) is 0 Å². The summed E-state index contributed by atoms with van der Waals surface area (Å²) in [4.78, 5) is 35.1. The average molecular weight is 354 g/mol. The van der Waals surface area contributed by atoms with Gasteiger partial charge in [-0.15, -0.1) is 0 Å². The number of carbonyl (C=O) groups excluding carboxylic acids is 3. The van der Waals surface area contributed by atoms with Crippen LogP contribution in [0.3, 0.4) is 0 Å². The molecule has 1 saturated carbocycles. The van der Waals surface area contributed by atoms with Crippen LogP contribution in [0.25, 0.3) is 0 Å². The number of hydrogen-bond acceptors (Lipinski definition) is 4. The topological polar surface area (TPSA) is 72.5 Å². The third kappa shape index (κ3) is 3.91. The van der Waals surface area contributed by atoms with Crippen LogP contribution in [0, 0.1) is 12.8 Å². The fourth-order valence-electron chi connectivity index (χ4n) is 1.98. The van der Waals surface area contributed by atoms with Gasteiger partial charge in [0.25, 0.3) is 0 Å². The van der Waals surface area contributed by atoms with Crippen LogP contribution < -0.4 is 5.32 Å². The summed E-state index contributed by atoms with van der Waals surface area (Å²) in [6, 6.07) is 3.27. The molecule has 0 aromatic heterocycles. The predicted octanol–water partition coefficient (Wildman–Crippen LogP) is 2.85. The van der Waals surface area contributed by atoms with Crippen molar-refractivity contribution in [2.75, 3.05) is 12.4 Å². The van der Waals surface area contributed by atoms with Gasteiger partial charge in [0.1, 0.15) is 5.78 Å². The number of amides is 1. The third-order valence-corrected chi connectivity index (χ3v) is 4.02. The predicted molar refractivity (Wildman–Crippen MR) is 81.2 cm³/mol. The minimum Gasteiger partial charge on any atom is -0.465 e. The molecule has 0 bridgehead atoms. The standard InChI is InChI=1S/C15H16BrNO4/c1-8-5-11(16)10(15(20)21-2)6-12(8)17-14(19)7-13(18)9-3-4-9/h5-6,9H,3-4,7H2,1-2H3,(H,17,19). The molecular formula is C15H16BrNO4. The molecule has 1 fully saturated rings. The van der Waals surface area contributed by atoms with E-state index in [4.69, 9.17) is 0 Å².